The summed E-state index contributed by atoms with van der Waals surface area (Å²) in [5.74, 6) is 1.52. The predicted octanol–water partition coefficient (Wildman–Crippen LogP) is 0.784. The second-order valence-electron chi connectivity index (χ2n) is 7.44. The molecule has 2 heterocycles. The van der Waals surface area contributed by atoms with Crippen LogP contribution in [0.1, 0.15) is 24.0 Å². The molecule has 1 aromatic rings. The van der Waals surface area contributed by atoms with E-state index in [4.69, 9.17) is 4.74 Å². The first-order valence-electron chi connectivity index (χ1n) is 7.52. The molecule has 6 rings (SSSR count). The molecule has 6 unspecified atom stereocenters. The molecule has 4 heteroatoms. The summed E-state index contributed by atoms with van der Waals surface area (Å²) in [6.45, 7) is 0. The van der Waals surface area contributed by atoms with Crippen molar-refractivity contribution >= 4 is 0 Å². The van der Waals surface area contributed by atoms with Gasteiger partial charge in [0.05, 0.1) is 6.10 Å². The summed E-state index contributed by atoms with van der Waals surface area (Å²) in [5.41, 5.74) is 2.73. The lowest BCUT2D eigenvalue weighted by Gasteiger charge is -2.82. The lowest BCUT2D eigenvalue weighted by atomic mass is 9.31. The highest BCUT2D eigenvalue weighted by atomic mass is 16.5. The smallest absolute Gasteiger partial charge is 0.165 e. The normalized spacial score (nSPS) is 52.7. The van der Waals surface area contributed by atoms with Gasteiger partial charge in [-0.25, -0.2) is 0 Å². The van der Waals surface area contributed by atoms with Crippen molar-refractivity contribution in [1.82, 2.24) is 4.90 Å². The Kier molecular flexibility index (Phi) is 1.36. The van der Waals surface area contributed by atoms with Crippen LogP contribution in [-0.2, 0) is 11.8 Å². The highest BCUT2D eigenvalue weighted by molar-refractivity contribution is 5.65. The molecule has 2 N–H and O–H groups in total. The number of hydrogen-bond donors (Lipinski definition) is 2. The summed E-state index contributed by atoms with van der Waals surface area (Å²) in [6, 6.07) is 4.39. The maximum absolute atomic E-state index is 10.5. The molecule has 2 saturated carbocycles. The van der Waals surface area contributed by atoms with Crippen LogP contribution in [0.4, 0.5) is 0 Å². The predicted molar refractivity (Wildman–Crippen MR) is 70.9 cm³/mol. The van der Waals surface area contributed by atoms with Crippen LogP contribution >= 0.6 is 0 Å². The second kappa shape index (κ2) is 2.60. The monoisotopic (exact) mass is 271 g/mol. The minimum absolute atomic E-state index is 0.0174. The first-order chi connectivity index (χ1) is 9.59. The minimum atomic E-state index is -0.416. The van der Waals surface area contributed by atoms with Gasteiger partial charge in [-0.2, -0.15) is 0 Å². The van der Waals surface area contributed by atoms with Gasteiger partial charge in [0.15, 0.2) is 11.5 Å². The number of ether oxygens (including phenoxy) is 1. The molecule has 2 bridgehead atoms. The van der Waals surface area contributed by atoms with Crippen molar-refractivity contribution in [1.29, 1.82) is 0 Å². The van der Waals surface area contributed by atoms with Crippen molar-refractivity contribution in [2.75, 3.05) is 7.05 Å². The number of nitrogens with zero attached hydrogens (tertiary/aromatic N) is 1. The van der Waals surface area contributed by atoms with Crippen molar-refractivity contribution in [3.05, 3.63) is 23.3 Å². The molecule has 1 saturated heterocycles. The lowest BCUT2D eigenvalue weighted by molar-refractivity contribution is -0.312. The SMILES string of the molecule is CN1C2Cc3ccc(O)c4c3C35CC1(CC(O)C3O4)C25. The van der Waals surface area contributed by atoms with Crippen molar-refractivity contribution in [3.8, 4) is 11.5 Å². The molecule has 3 aliphatic carbocycles. The van der Waals surface area contributed by atoms with Gasteiger partial charge in [0.2, 0.25) is 0 Å². The Morgan fingerprint density at radius 1 is 1.40 bits per heavy atom. The van der Waals surface area contributed by atoms with Gasteiger partial charge in [0.1, 0.15) is 6.10 Å². The highest BCUT2D eigenvalue weighted by Gasteiger charge is 2.85. The Bertz CT molecular complexity index is 689. The molecule has 1 aromatic carbocycles. The van der Waals surface area contributed by atoms with E-state index in [0.29, 0.717) is 17.7 Å². The summed E-state index contributed by atoms with van der Waals surface area (Å²) in [6.07, 6.45) is 2.40. The van der Waals surface area contributed by atoms with Crippen molar-refractivity contribution < 1.29 is 14.9 Å². The third kappa shape index (κ3) is 0.704. The van der Waals surface area contributed by atoms with Crippen LogP contribution in [0, 0.1) is 5.92 Å². The maximum atomic E-state index is 10.5. The minimum Gasteiger partial charge on any atom is -0.504 e. The van der Waals surface area contributed by atoms with E-state index in [9.17, 15) is 10.2 Å². The molecular weight excluding hydrogens is 254 g/mol. The summed E-state index contributed by atoms with van der Waals surface area (Å²) in [7, 11) is 2.21. The first-order valence-corrected chi connectivity index (χ1v) is 7.52. The fourth-order valence-electron chi connectivity index (χ4n) is 6.61. The molecule has 4 nitrogen and oxygen atoms in total. The second-order valence-corrected chi connectivity index (χ2v) is 7.44. The lowest BCUT2D eigenvalue weighted by Crippen LogP contribution is -2.92. The summed E-state index contributed by atoms with van der Waals surface area (Å²) in [4.78, 5) is 2.50. The summed E-state index contributed by atoms with van der Waals surface area (Å²) in [5, 5.41) is 20.7. The van der Waals surface area contributed by atoms with E-state index in [1.165, 1.54) is 11.1 Å². The molecule has 2 spiro atoms. The van der Waals surface area contributed by atoms with Gasteiger partial charge in [-0.15, -0.1) is 0 Å². The zero-order valence-corrected chi connectivity index (χ0v) is 11.3. The molecule has 2 aliphatic heterocycles. The number of rotatable bonds is 0. The number of piperidine rings is 1. The molecule has 0 radical (unpaired) electrons. The fraction of sp³-hybridized carbons (Fsp3) is 0.625. The van der Waals surface area contributed by atoms with Gasteiger partial charge in [-0.3, -0.25) is 4.90 Å². The number of aromatic hydroxyl groups is 1. The highest BCUT2D eigenvalue weighted by Crippen LogP contribution is 2.78. The Balaban J connectivity index is 1.70. The Morgan fingerprint density at radius 2 is 2.25 bits per heavy atom. The van der Waals surface area contributed by atoms with Crippen LogP contribution in [-0.4, -0.2) is 45.9 Å². The van der Waals surface area contributed by atoms with Gasteiger partial charge in [-0.05, 0) is 37.9 Å². The van der Waals surface area contributed by atoms with Crippen LogP contribution in [0.3, 0.4) is 0 Å². The standard InChI is InChI=1S/C16H17NO3/c1-17-8-4-7-2-3-9(18)12-11(7)16-6-15(17,13(8)16)5-10(19)14(16)20-12/h2-3,8,10,13-14,18-19H,4-6H2,1H3. The van der Waals surface area contributed by atoms with Crippen molar-refractivity contribution in [2.45, 2.75) is 48.5 Å². The van der Waals surface area contributed by atoms with Gasteiger partial charge < -0.3 is 14.9 Å². The van der Waals surface area contributed by atoms with Crippen LogP contribution < -0.4 is 4.74 Å². The number of hydrogen-bond acceptors (Lipinski definition) is 4. The van der Waals surface area contributed by atoms with E-state index >= 15 is 0 Å². The molecular formula is C16H17NO3. The van der Waals surface area contributed by atoms with E-state index in [0.717, 1.165) is 19.3 Å². The Morgan fingerprint density at radius 3 is 3.10 bits per heavy atom. The Hall–Kier alpha value is -1.26. The molecule has 20 heavy (non-hydrogen) atoms. The number of likely N-dealkylation sites (tertiary alicyclic amines) is 1. The number of phenols is 1. The molecule has 0 amide bonds. The Labute approximate surface area is 117 Å². The van der Waals surface area contributed by atoms with Crippen molar-refractivity contribution in [2.24, 2.45) is 5.92 Å². The van der Waals surface area contributed by atoms with Crippen LogP contribution in [0.2, 0.25) is 0 Å². The van der Waals surface area contributed by atoms with Gasteiger partial charge in [-0.1, -0.05) is 6.07 Å². The molecule has 3 fully saturated rings. The average molecular weight is 271 g/mol. The van der Waals surface area contributed by atoms with E-state index < -0.39 is 6.10 Å². The molecule has 5 aliphatic rings. The average Bonchev–Trinajstić information content (AvgIpc) is 2.78. The van der Waals surface area contributed by atoms with E-state index in [2.05, 4.69) is 18.0 Å². The van der Waals surface area contributed by atoms with Gasteiger partial charge in [0, 0.05) is 28.5 Å². The van der Waals surface area contributed by atoms with E-state index in [1.807, 2.05) is 0 Å². The van der Waals surface area contributed by atoms with Crippen LogP contribution in [0.5, 0.6) is 11.5 Å². The summed E-state index contributed by atoms with van der Waals surface area (Å²) < 4.78 is 6.07. The zero-order chi connectivity index (χ0) is 13.4. The topological polar surface area (TPSA) is 52.9 Å². The number of likely N-dealkylation sites (N-methyl/N-ethyl adjacent to an activating group) is 1. The van der Waals surface area contributed by atoms with Crippen LogP contribution in [0.25, 0.3) is 0 Å². The van der Waals surface area contributed by atoms with Gasteiger partial charge in [0.25, 0.3) is 0 Å². The number of aliphatic hydroxyl groups excluding tert-OH is 1. The molecule has 104 valence electrons. The van der Waals surface area contributed by atoms with E-state index in [-0.39, 0.29) is 22.8 Å². The van der Waals surface area contributed by atoms with Crippen molar-refractivity contribution in [3.63, 3.8) is 0 Å². The third-order valence-electron chi connectivity index (χ3n) is 7.10. The van der Waals surface area contributed by atoms with Crippen LogP contribution in [0.15, 0.2) is 12.1 Å². The molecule has 6 atom stereocenters. The van der Waals surface area contributed by atoms with E-state index in [1.54, 1.807) is 6.07 Å². The third-order valence-corrected chi connectivity index (χ3v) is 7.10. The number of aliphatic hydroxyl groups is 1. The quantitative estimate of drug-likeness (QED) is 0.732. The zero-order valence-electron chi connectivity index (χ0n) is 11.3. The number of phenolic OH excluding ortho intramolecular Hbond substituents is 1. The maximum Gasteiger partial charge on any atom is 0.165 e. The molecule has 0 aromatic heterocycles. The summed E-state index contributed by atoms with van der Waals surface area (Å²) >= 11 is 0. The largest absolute Gasteiger partial charge is 0.504 e. The first kappa shape index (κ1) is 10.5. The fourth-order valence-corrected chi connectivity index (χ4v) is 6.61. The number of benzene rings is 1. The van der Waals surface area contributed by atoms with Gasteiger partial charge >= 0.3 is 0 Å².